The molecule has 3 heterocycles. The Balaban J connectivity index is 1.36. The number of nitrogens with zero attached hydrogens (tertiary/aromatic N) is 3. The molecule has 0 bridgehead atoms. The molecule has 3 N–H and O–H groups in total. The van der Waals surface area contributed by atoms with Crippen LogP contribution in [0.3, 0.4) is 0 Å². The number of aliphatic hydroxyl groups excluding tert-OH is 1. The van der Waals surface area contributed by atoms with E-state index in [-0.39, 0.29) is 6.61 Å². The number of carbonyl (C=O) groups excluding carboxylic acids is 2. The van der Waals surface area contributed by atoms with Gasteiger partial charge in [0.15, 0.2) is 0 Å². The lowest BCUT2D eigenvalue weighted by molar-refractivity contribution is -0.122. The van der Waals surface area contributed by atoms with E-state index in [9.17, 15) is 9.59 Å². The summed E-state index contributed by atoms with van der Waals surface area (Å²) in [4.78, 5) is 27.0. The van der Waals surface area contributed by atoms with Gasteiger partial charge in [0.1, 0.15) is 5.69 Å². The summed E-state index contributed by atoms with van der Waals surface area (Å²) in [7, 11) is 0. The fraction of sp³-hybridized carbons (Fsp3) is 0.171. The highest BCUT2D eigenvalue weighted by atomic mass is 16.3. The summed E-state index contributed by atoms with van der Waals surface area (Å²) in [6.07, 6.45) is 3.50. The zero-order valence-corrected chi connectivity index (χ0v) is 23.6. The largest absolute Gasteiger partial charge is 0.396 e. The Labute approximate surface area is 248 Å². The van der Waals surface area contributed by atoms with Crippen molar-refractivity contribution < 1.29 is 14.7 Å². The predicted octanol–water partition coefficient (Wildman–Crippen LogP) is 5.06. The minimum atomic E-state index is -0.441. The fourth-order valence-corrected chi connectivity index (χ4v) is 6.02. The Hall–Kier alpha value is -5.05. The minimum Gasteiger partial charge on any atom is -0.396 e. The van der Waals surface area contributed by atoms with Crippen molar-refractivity contribution in [3.63, 3.8) is 0 Å². The number of aryl methyl sites for hydroxylation is 1. The van der Waals surface area contributed by atoms with Crippen molar-refractivity contribution in [2.24, 2.45) is 0 Å². The lowest BCUT2D eigenvalue weighted by Gasteiger charge is -2.07. The lowest BCUT2D eigenvalue weighted by atomic mass is 9.97. The van der Waals surface area contributed by atoms with Crippen molar-refractivity contribution in [3.05, 3.63) is 108 Å². The second-order valence-electron chi connectivity index (χ2n) is 10.8. The highest BCUT2D eigenvalue weighted by Crippen LogP contribution is 2.39. The SMILES string of the molecule is O=C1NC(=O)C(c2nn(CCCNCCCO)c3ccccc23)=C1c1cn(-c2ccc3ccccc3c2)c2ccccc12. The number of aromatic nitrogens is 3. The molecule has 1 aliphatic rings. The van der Waals surface area contributed by atoms with Gasteiger partial charge in [0, 0.05) is 41.4 Å². The first kappa shape index (κ1) is 26.8. The van der Waals surface area contributed by atoms with Gasteiger partial charge >= 0.3 is 0 Å². The molecular formula is C35H31N5O3. The quantitative estimate of drug-likeness (QED) is 0.158. The summed E-state index contributed by atoms with van der Waals surface area (Å²) in [5, 5.41) is 23.8. The van der Waals surface area contributed by atoms with E-state index in [0.29, 0.717) is 35.4 Å². The summed E-state index contributed by atoms with van der Waals surface area (Å²) < 4.78 is 4.00. The molecule has 1 aliphatic heterocycles. The van der Waals surface area contributed by atoms with Crippen molar-refractivity contribution in [2.45, 2.75) is 19.4 Å². The van der Waals surface area contributed by atoms with Gasteiger partial charge in [-0.1, -0.05) is 66.7 Å². The molecule has 0 saturated carbocycles. The van der Waals surface area contributed by atoms with Gasteiger partial charge < -0.3 is 15.0 Å². The van der Waals surface area contributed by atoms with Crippen LogP contribution in [0.1, 0.15) is 24.1 Å². The first-order chi connectivity index (χ1) is 21.1. The van der Waals surface area contributed by atoms with Crippen LogP contribution in [-0.2, 0) is 16.1 Å². The summed E-state index contributed by atoms with van der Waals surface area (Å²) >= 11 is 0. The Morgan fingerprint density at radius 2 is 1.44 bits per heavy atom. The summed E-state index contributed by atoms with van der Waals surface area (Å²) in [6, 6.07) is 30.3. The van der Waals surface area contributed by atoms with Crippen LogP contribution in [-0.4, -0.2) is 51.0 Å². The minimum absolute atomic E-state index is 0.166. The zero-order chi connectivity index (χ0) is 29.3. The molecule has 8 heteroatoms. The molecule has 0 radical (unpaired) electrons. The van der Waals surface area contributed by atoms with Crippen molar-refractivity contribution in [3.8, 4) is 5.69 Å². The van der Waals surface area contributed by atoms with Crippen LogP contribution in [0.25, 0.3) is 49.4 Å². The van der Waals surface area contributed by atoms with E-state index in [0.717, 1.165) is 57.8 Å². The van der Waals surface area contributed by atoms with Crippen LogP contribution < -0.4 is 10.6 Å². The summed E-state index contributed by atoms with van der Waals surface area (Å²) in [6.45, 7) is 2.35. The number of hydrogen-bond donors (Lipinski definition) is 3. The smallest absolute Gasteiger partial charge is 0.261 e. The van der Waals surface area contributed by atoms with E-state index in [1.807, 2.05) is 71.5 Å². The van der Waals surface area contributed by atoms with Gasteiger partial charge in [-0.15, -0.1) is 0 Å². The maximum absolute atomic E-state index is 13.5. The average molecular weight is 570 g/mol. The number of carbonyl (C=O) groups is 2. The summed E-state index contributed by atoms with van der Waals surface area (Å²) in [5.41, 5.74) is 4.64. The van der Waals surface area contributed by atoms with Gasteiger partial charge in [0.2, 0.25) is 0 Å². The Kier molecular flexibility index (Phi) is 7.06. The number of rotatable bonds is 10. The van der Waals surface area contributed by atoms with Gasteiger partial charge in [-0.2, -0.15) is 5.10 Å². The number of imide groups is 1. The normalized spacial score (nSPS) is 13.6. The van der Waals surface area contributed by atoms with Crippen molar-refractivity contribution in [2.75, 3.05) is 19.7 Å². The van der Waals surface area contributed by atoms with Gasteiger partial charge in [0.25, 0.3) is 11.8 Å². The van der Waals surface area contributed by atoms with Gasteiger partial charge in [-0.05, 0) is 61.0 Å². The monoisotopic (exact) mass is 569 g/mol. The predicted molar refractivity (Wildman–Crippen MR) is 170 cm³/mol. The average Bonchev–Trinajstić information content (AvgIpc) is 3.69. The molecule has 4 aromatic carbocycles. The maximum atomic E-state index is 13.5. The molecule has 0 unspecified atom stereocenters. The number of fused-ring (bicyclic) bond motifs is 3. The molecule has 6 aromatic rings. The standard InChI is InChI=1S/C35H31N5O3/c41-20-8-18-36-17-7-19-40-30-14-6-4-12-27(30)33(38-40)32-31(34(42)37-35(32)43)28-22-39(29-13-5-3-11-26(28)29)25-16-15-23-9-1-2-10-24(23)21-25/h1-6,9-16,21-22,36,41H,7-8,17-20H2,(H,37,42,43). The molecule has 0 spiro atoms. The topological polar surface area (TPSA) is 101 Å². The Bertz CT molecular complexity index is 2050. The van der Waals surface area contributed by atoms with E-state index in [1.54, 1.807) is 0 Å². The van der Waals surface area contributed by atoms with E-state index in [4.69, 9.17) is 10.2 Å². The number of amides is 2. The van der Waals surface area contributed by atoms with Crippen LogP contribution in [0.2, 0.25) is 0 Å². The second-order valence-corrected chi connectivity index (χ2v) is 10.8. The molecule has 0 fully saturated rings. The van der Waals surface area contributed by atoms with Crippen LogP contribution in [0.5, 0.6) is 0 Å². The number of benzene rings is 4. The van der Waals surface area contributed by atoms with E-state index >= 15 is 0 Å². The molecule has 8 nitrogen and oxygen atoms in total. The Morgan fingerprint density at radius 3 is 2.28 bits per heavy atom. The number of hydrogen-bond acceptors (Lipinski definition) is 5. The zero-order valence-electron chi connectivity index (χ0n) is 23.6. The number of aliphatic hydroxyl groups is 1. The third-order valence-electron chi connectivity index (χ3n) is 8.05. The third kappa shape index (κ3) is 4.80. The lowest BCUT2D eigenvalue weighted by Crippen LogP contribution is -2.23. The highest BCUT2D eigenvalue weighted by Gasteiger charge is 2.36. The molecule has 214 valence electrons. The van der Waals surface area contributed by atoms with Crippen LogP contribution in [0.15, 0.2) is 97.2 Å². The molecule has 0 atom stereocenters. The molecule has 43 heavy (non-hydrogen) atoms. The molecular weight excluding hydrogens is 538 g/mol. The van der Waals surface area contributed by atoms with Crippen molar-refractivity contribution >= 4 is 55.5 Å². The molecule has 2 amide bonds. The molecule has 0 saturated heterocycles. The van der Waals surface area contributed by atoms with Crippen molar-refractivity contribution in [1.29, 1.82) is 0 Å². The van der Waals surface area contributed by atoms with Crippen molar-refractivity contribution in [1.82, 2.24) is 25.0 Å². The summed E-state index contributed by atoms with van der Waals surface area (Å²) in [5.74, 6) is -0.864. The van der Waals surface area contributed by atoms with E-state index in [2.05, 4.69) is 45.5 Å². The number of para-hydroxylation sites is 2. The molecule has 0 aliphatic carbocycles. The third-order valence-corrected chi connectivity index (χ3v) is 8.05. The van der Waals surface area contributed by atoms with Gasteiger partial charge in [-0.25, -0.2) is 0 Å². The van der Waals surface area contributed by atoms with Crippen LogP contribution >= 0.6 is 0 Å². The molecule has 2 aromatic heterocycles. The number of nitrogens with one attached hydrogen (secondary N) is 2. The van der Waals surface area contributed by atoms with Crippen LogP contribution in [0, 0.1) is 0 Å². The first-order valence-electron chi connectivity index (χ1n) is 14.6. The maximum Gasteiger partial charge on any atom is 0.261 e. The highest BCUT2D eigenvalue weighted by molar-refractivity contribution is 6.50. The Morgan fingerprint density at radius 1 is 0.744 bits per heavy atom. The van der Waals surface area contributed by atoms with E-state index < -0.39 is 11.8 Å². The van der Waals surface area contributed by atoms with Gasteiger partial charge in [-0.3, -0.25) is 19.6 Å². The van der Waals surface area contributed by atoms with Gasteiger partial charge in [0.05, 0.1) is 22.2 Å². The first-order valence-corrected chi connectivity index (χ1v) is 14.6. The van der Waals surface area contributed by atoms with Crippen LogP contribution in [0.4, 0.5) is 0 Å². The fourth-order valence-electron chi connectivity index (χ4n) is 6.02. The molecule has 7 rings (SSSR count). The second kappa shape index (κ2) is 11.3. The van der Waals surface area contributed by atoms with E-state index in [1.165, 1.54) is 0 Å².